The van der Waals surface area contributed by atoms with Gasteiger partial charge in [0.2, 0.25) is 0 Å². The van der Waals surface area contributed by atoms with Crippen molar-refractivity contribution < 1.29 is 9.47 Å². The van der Waals surface area contributed by atoms with Gasteiger partial charge in [0.1, 0.15) is 5.75 Å². The maximum Gasteiger partial charge on any atom is 0.133 e. The minimum Gasteiger partial charge on any atom is -0.496 e. The van der Waals surface area contributed by atoms with Crippen LogP contribution in [0.1, 0.15) is 24.4 Å². The Hall–Kier alpha value is -0.580. The quantitative estimate of drug-likeness (QED) is 0.927. The Morgan fingerprint density at radius 3 is 2.88 bits per heavy atom. The number of nitrogens with one attached hydrogen (secondary N) is 1. The molecule has 0 amide bonds. The molecule has 1 heterocycles. The van der Waals surface area contributed by atoms with Gasteiger partial charge < -0.3 is 14.8 Å². The molecule has 1 aliphatic rings. The summed E-state index contributed by atoms with van der Waals surface area (Å²) in [5.74, 6) is 0.857. The zero-order valence-electron chi connectivity index (χ0n) is 10.2. The molecule has 2 rings (SSSR count). The SMILES string of the molecule is CNC(c1ccc(OC)c(Br)c1)C1CCCO1. The van der Waals surface area contributed by atoms with Crippen molar-refractivity contribution >= 4 is 15.9 Å². The highest BCUT2D eigenvalue weighted by Crippen LogP contribution is 2.32. The van der Waals surface area contributed by atoms with E-state index in [1.807, 2.05) is 13.1 Å². The van der Waals surface area contributed by atoms with E-state index in [0.717, 1.165) is 29.7 Å². The van der Waals surface area contributed by atoms with E-state index in [1.54, 1.807) is 7.11 Å². The standard InChI is InChI=1S/C13H18BrNO2/c1-15-13(12-4-3-7-17-12)9-5-6-11(16-2)10(14)8-9/h5-6,8,12-13,15H,3-4,7H2,1-2H3. The van der Waals surface area contributed by atoms with E-state index < -0.39 is 0 Å². The van der Waals surface area contributed by atoms with Crippen LogP contribution in [0.3, 0.4) is 0 Å². The normalized spacial score (nSPS) is 21.5. The molecule has 1 N–H and O–H groups in total. The molecule has 4 heteroatoms. The summed E-state index contributed by atoms with van der Waals surface area (Å²) in [4.78, 5) is 0. The Morgan fingerprint density at radius 2 is 2.35 bits per heavy atom. The molecule has 17 heavy (non-hydrogen) atoms. The van der Waals surface area contributed by atoms with E-state index in [0.29, 0.717) is 0 Å². The van der Waals surface area contributed by atoms with Gasteiger partial charge in [-0.15, -0.1) is 0 Å². The number of rotatable bonds is 4. The molecule has 1 fully saturated rings. The number of halogens is 1. The van der Waals surface area contributed by atoms with Crippen LogP contribution in [0, 0.1) is 0 Å². The fourth-order valence-corrected chi connectivity index (χ4v) is 2.87. The van der Waals surface area contributed by atoms with Crippen LogP contribution in [0.25, 0.3) is 0 Å². The van der Waals surface area contributed by atoms with Gasteiger partial charge in [-0.25, -0.2) is 0 Å². The van der Waals surface area contributed by atoms with Gasteiger partial charge in [0.05, 0.1) is 23.7 Å². The largest absolute Gasteiger partial charge is 0.496 e. The van der Waals surface area contributed by atoms with Crippen molar-refractivity contribution in [1.82, 2.24) is 5.32 Å². The Morgan fingerprint density at radius 1 is 1.53 bits per heavy atom. The lowest BCUT2D eigenvalue weighted by molar-refractivity contribution is 0.0807. The van der Waals surface area contributed by atoms with Gasteiger partial charge in [-0.3, -0.25) is 0 Å². The lowest BCUT2D eigenvalue weighted by Gasteiger charge is -2.23. The Kier molecular flexibility index (Phi) is 4.42. The average Bonchev–Trinajstić information content (AvgIpc) is 2.84. The minimum absolute atomic E-state index is 0.250. The first-order valence-electron chi connectivity index (χ1n) is 5.88. The van der Waals surface area contributed by atoms with Gasteiger partial charge >= 0.3 is 0 Å². The summed E-state index contributed by atoms with van der Waals surface area (Å²) in [5, 5.41) is 3.34. The predicted molar refractivity (Wildman–Crippen MR) is 71.5 cm³/mol. The summed E-state index contributed by atoms with van der Waals surface area (Å²) in [7, 11) is 3.65. The van der Waals surface area contributed by atoms with E-state index in [9.17, 15) is 0 Å². The molecule has 0 spiro atoms. The molecule has 0 radical (unpaired) electrons. The summed E-state index contributed by atoms with van der Waals surface area (Å²) < 4.78 is 12.0. The van der Waals surface area contributed by atoms with Crippen molar-refractivity contribution in [3.8, 4) is 5.75 Å². The van der Waals surface area contributed by atoms with E-state index in [4.69, 9.17) is 9.47 Å². The van der Waals surface area contributed by atoms with Crippen LogP contribution in [-0.2, 0) is 4.74 Å². The van der Waals surface area contributed by atoms with Crippen LogP contribution in [0.2, 0.25) is 0 Å². The fraction of sp³-hybridized carbons (Fsp3) is 0.538. The topological polar surface area (TPSA) is 30.5 Å². The second-order valence-electron chi connectivity index (χ2n) is 4.21. The molecule has 0 aromatic heterocycles. The number of hydrogen-bond acceptors (Lipinski definition) is 3. The highest BCUT2D eigenvalue weighted by atomic mass is 79.9. The highest BCUT2D eigenvalue weighted by molar-refractivity contribution is 9.10. The van der Waals surface area contributed by atoms with Gasteiger partial charge in [-0.2, -0.15) is 0 Å². The first-order valence-corrected chi connectivity index (χ1v) is 6.68. The molecule has 1 saturated heterocycles. The average molecular weight is 300 g/mol. The van der Waals surface area contributed by atoms with Crippen molar-refractivity contribution in [3.05, 3.63) is 28.2 Å². The third-order valence-corrected chi connectivity index (χ3v) is 3.80. The molecule has 1 aromatic rings. The first kappa shape index (κ1) is 12.9. The van der Waals surface area contributed by atoms with Crippen LogP contribution < -0.4 is 10.1 Å². The number of methoxy groups -OCH3 is 1. The molecule has 1 aromatic carbocycles. The van der Waals surface area contributed by atoms with E-state index >= 15 is 0 Å². The fourth-order valence-electron chi connectivity index (χ4n) is 2.31. The molecular weight excluding hydrogens is 282 g/mol. The van der Waals surface area contributed by atoms with Crippen molar-refractivity contribution in [3.63, 3.8) is 0 Å². The maximum absolute atomic E-state index is 5.75. The van der Waals surface area contributed by atoms with Crippen molar-refractivity contribution in [2.75, 3.05) is 20.8 Å². The summed E-state index contributed by atoms with van der Waals surface area (Å²) >= 11 is 3.52. The van der Waals surface area contributed by atoms with E-state index in [2.05, 4.69) is 33.4 Å². The lowest BCUT2D eigenvalue weighted by Crippen LogP contribution is -2.28. The molecule has 2 unspecified atom stereocenters. The summed E-state index contributed by atoms with van der Waals surface area (Å²) in [6, 6.07) is 6.42. The highest BCUT2D eigenvalue weighted by Gasteiger charge is 2.26. The molecular formula is C13H18BrNO2. The second kappa shape index (κ2) is 5.85. The number of benzene rings is 1. The third kappa shape index (κ3) is 2.81. The third-order valence-electron chi connectivity index (χ3n) is 3.18. The minimum atomic E-state index is 0.250. The number of likely N-dealkylation sites (N-methyl/N-ethyl adjacent to an activating group) is 1. The molecule has 3 nitrogen and oxygen atoms in total. The Balaban J connectivity index is 2.21. The molecule has 94 valence electrons. The maximum atomic E-state index is 5.75. The van der Waals surface area contributed by atoms with E-state index in [-0.39, 0.29) is 12.1 Å². The number of hydrogen-bond donors (Lipinski definition) is 1. The zero-order valence-corrected chi connectivity index (χ0v) is 11.8. The number of ether oxygens (including phenoxy) is 2. The van der Waals surface area contributed by atoms with Gasteiger partial charge in [0.25, 0.3) is 0 Å². The smallest absolute Gasteiger partial charge is 0.133 e. The molecule has 0 saturated carbocycles. The van der Waals surface area contributed by atoms with Crippen LogP contribution in [0.15, 0.2) is 22.7 Å². The van der Waals surface area contributed by atoms with Crippen molar-refractivity contribution in [1.29, 1.82) is 0 Å². The monoisotopic (exact) mass is 299 g/mol. The zero-order chi connectivity index (χ0) is 12.3. The van der Waals surface area contributed by atoms with Crippen LogP contribution in [0.5, 0.6) is 5.75 Å². The van der Waals surface area contributed by atoms with Crippen molar-refractivity contribution in [2.24, 2.45) is 0 Å². The van der Waals surface area contributed by atoms with Crippen LogP contribution >= 0.6 is 15.9 Å². The molecule has 1 aliphatic heterocycles. The lowest BCUT2D eigenvalue weighted by atomic mass is 9.99. The van der Waals surface area contributed by atoms with Crippen LogP contribution in [-0.4, -0.2) is 26.9 Å². The molecule has 0 bridgehead atoms. The van der Waals surface area contributed by atoms with Gasteiger partial charge in [0, 0.05) is 6.61 Å². The first-order chi connectivity index (χ1) is 8.26. The summed E-state index contributed by atoms with van der Waals surface area (Å²) in [6.07, 6.45) is 2.55. The second-order valence-corrected chi connectivity index (χ2v) is 5.07. The Labute approximate surface area is 111 Å². The Bertz CT molecular complexity index is 378. The molecule has 2 atom stereocenters. The summed E-state index contributed by atoms with van der Waals surface area (Å²) in [5.41, 5.74) is 1.23. The van der Waals surface area contributed by atoms with Crippen molar-refractivity contribution in [2.45, 2.75) is 25.0 Å². The van der Waals surface area contributed by atoms with Crippen LogP contribution in [0.4, 0.5) is 0 Å². The predicted octanol–water partition coefficient (Wildman–Crippen LogP) is 2.90. The van der Waals surface area contributed by atoms with Gasteiger partial charge in [-0.1, -0.05) is 6.07 Å². The molecule has 0 aliphatic carbocycles. The van der Waals surface area contributed by atoms with Gasteiger partial charge in [0.15, 0.2) is 0 Å². The van der Waals surface area contributed by atoms with Gasteiger partial charge in [-0.05, 0) is 53.5 Å². The van der Waals surface area contributed by atoms with E-state index in [1.165, 1.54) is 5.56 Å². The summed E-state index contributed by atoms with van der Waals surface area (Å²) in [6.45, 7) is 0.875.